The summed E-state index contributed by atoms with van der Waals surface area (Å²) < 4.78 is 5.25. The molecular formula is C17H15NO2S. The summed E-state index contributed by atoms with van der Waals surface area (Å²) in [6.07, 6.45) is -0.165. The Hall–Kier alpha value is -2.25. The molecule has 0 atom stereocenters. The average molecular weight is 297 g/mol. The Morgan fingerprint density at radius 3 is 2.38 bits per heavy atom. The predicted molar refractivity (Wildman–Crippen MR) is 82.3 cm³/mol. The van der Waals surface area contributed by atoms with E-state index in [4.69, 9.17) is 10.00 Å². The van der Waals surface area contributed by atoms with Crippen molar-refractivity contribution in [3.05, 3.63) is 59.7 Å². The van der Waals surface area contributed by atoms with Crippen LogP contribution in [-0.4, -0.2) is 12.1 Å². The maximum Gasteiger partial charge on any atom is 0.339 e. The molecule has 0 N–H and O–H groups in total. The second-order valence-electron chi connectivity index (χ2n) is 4.66. The van der Waals surface area contributed by atoms with Crippen LogP contribution in [0.1, 0.15) is 29.8 Å². The normalized spacial score (nSPS) is 10.2. The number of ether oxygens (including phenoxy) is 1. The van der Waals surface area contributed by atoms with Gasteiger partial charge in [0, 0.05) is 9.79 Å². The zero-order valence-electron chi connectivity index (χ0n) is 11.9. The van der Waals surface area contributed by atoms with Crippen molar-refractivity contribution in [2.45, 2.75) is 29.7 Å². The third kappa shape index (κ3) is 3.87. The smallest absolute Gasteiger partial charge is 0.339 e. The molecule has 0 fully saturated rings. The van der Waals surface area contributed by atoms with Crippen LogP contribution in [0.4, 0.5) is 0 Å². The minimum atomic E-state index is -0.345. The van der Waals surface area contributed by atoms with E-state index in [0.717, 1.165) is 9.79 Å². The van der Waals surface area contributed by atoms with Crippen LogP contribution in [0.5, 0.6) is 0 Å². The molecule has 3 nitrogen and oxygen atoms in total. The molecule has 4 heteroatoms. The van der Waals surface area contributed by atoms with Gasteiger partial charge in [0.05, 0.1) is 17.2 Å². The predicted octanol–water partition coefficient (Wildman–Crippen LogP) is 4.27. The Kier molecular flexibility index (Phi) is 5.02. The number of hydrogen-bond donors (Lipinski definition) is 0. The molecule has 0 amide bonds. The number of rotatable bonds is 4. The topological polar surface area (TPSA) is 50.1 Å². The summed E-state index contributed by atoms with van der Waals surface area (Å²) in [6.45, 7) is 3.64. The number of benzene rings is 2. The Morgan fingerprint density at radius 1 is 1.10 bits per heavy atom. The highest BCUT2D eigenvalue weighted by Crippen LogP contribution is 2.32. The number of nitrogens with zero attached hydrogens (tertiary/aromatic N) is 1. The van der Waals surface area contributed by atoms with Gasteiger partial charge in [0.2, 0.25) is 0 Å². The standard InChI is InChI=1S/C17H15NO2S/c1-12(2)20-17(19)14-8-4-6-10-16(14)21-15-9-5-3-7-13(15)11-18/h3-10,12H,1-2H3. The summed E-state index contributed by atoms with van der Waals surface area (Å²) in [4.78, 5) is 13.7. The Bertz CT molecular complexity index is 689. The van der Waals surface area contributed by atoms with E-state index in [1.807, 2.05) is 44.2 Å². The molecule has 2 aromatic carbocycles. The summed E-state index contributed by atoms with van der Waals surface area (Å²) >= 11 is 1.40. The van der Waals surface area contributed by atoms with Crippen LogP contribution in [0.3, 0.4) is 0 Å². The van der Waals surface area contributed by atoms with Crippen LogP contribution in [0, 0.1) is 11.3 Å². The van der Waals surface area contributed by atoms with Crippen LogP contribution in [0.15, 0.2) is 58.3 Å². The molecular weight excluding hydrogens is 282 g/mol. The fourth-order valence-electron chi connectivity index (χ4n) is 1.77. The SMILES string of the molecule is CC(C)OC(=O)c1ccccc1Sc1ccccc1C#N. The van der Waals surface area contributed by atoms with Crippen LogP contribution < -0.4 is 0 Å². The molecule has 0 aromatic heterocycles. The third-order valence-corrected chi connectivity index (χ3v) is 3.83. The van der Waals surface area contributed by atoms with Crippen LogP contribution in [0.2, 0.25) is 0 Å². The molecule has 0 heterocycles. The lowest BCUT2D eigenvalue weighted by Crippen LogP contribution is -2.12. The van der Waals surface area contributed by atoms with Crippen molar-refractivity contribution in [2.24, 2.45) is 0 Å². The molecule has 0 saturated carbocycles. The number of esters is 1. The van der Waals surface area contributed by atoms with Gasteiger partial charge in [0.1, 0.15) is 6.07 Å². The van der Waals surface area contributed by atoms with Gasteiger partial charge in [-0.2, -0.15) is 5.26 Å². The minimum Gasteiger partial charge on any atom is -0.459 e. The maximum absolute atomic E-state index is 12.1. The fourth-order valence-corrected chi connectivity index (χ4v) is 2.78. The number of nitriles is 1. The quantitative estimate of drug-likeness (QED) is 0.791. The second-order valence-corrected chi connectivity index (χ2v) is 5.74. The van der Waals surface area contributed by atoms with E-state index in [9.17, 15) is 4.79 Å². The molecule has 0 radical (unpaired) electrons. The van der Waals surface area contributed by atoms with E-state index in [1.54, 1.807) is 18.2 Å². The van der Waals surface area contributed by atoms with Gasteiger partial charge in [-0.15, -0.1) is 0 Å². The molecule has 106 valence electrons. The zero-order valence-corrected chi connectivity index (χ0v) is 12.7. The lowest BCUT2D eigenvalue weighted by atomic mass is 10.2. The van der Waals surface area contributed by atoms with E-state index < -0.39 is 0 Å². The van der Waals surface area contributed by atoms with Crippen molar-refractivity contribution in [3.8, 4) is 6.07 Å². The molecule has 0 aliphatic rings. The summed E-state index contributed by atoms with van der Waals surface area (Å²) in [7, 11) is 0. The first-order valence-corrected chi connectivity index (χ1v) is 7.40. The van der Waals surface area contributed by atoms with Gasteiger partial charge in [-0.25, -0.2) is 4.79 Å². The molecule has 0 unspecified atom stereocenters. The van der Waals surface area contributed by atoms with Crippen molar-refractivity contribution in [1.29, 1.82) is 5.26 Å². The first-order chi connectivity index (χ1) is 10.1. The summed E-state index contributed by atoms with van der Waals surface area (Å²) in [5, 5.41) is 9.14. The van der Waals surface area contributed by atoms with Crippen LogP contribution in [0.25, 0.3) is 0 Å². The van der Waals surface area contributed by atoms with E-state index in [0.29, 0.717) is 11.1 Å². The molecule has 0 bridgehead atoms. The largest absolute Gasteiger partial charge is 0.459 e. The van der Waals surface area contributed by atoms with E-state index >= 15 is 0 Å². The average Bonchev–Trinajstić information content (AvgIpc) is 2.47. The lowest BCUT2D eigenvalue weighted by molar-refractivity contribution is 0.0374. The lowest BCUT2D eigenvalue weighted by Gasteiger charge is -2.11. The van der Waals surface area contributed by atoms with E-state index in [1.165, 1.54) is 11.8 Å². The molecule has 0 aliphatic heterocycles. The van der Waals surface area contributed by atoms with Crippen molar-refractivity contribution in [1.82, 2.24) is 0 Å². The van der Waals surface area contributed by atoms with Crippen LogP contribution in [-0.2, 0) is 4.74 Å². The highest BCUT2D eigenvalue weighted by molar-refractivity contribution is 7.99. The Balaban J connectivity index is 2.33. The van der Waals surface area contributed by atoms with Gasteiger partial charge in [-0.1, -0.05) is 36.0 Å². The molecule has 2 aromatic rings. The summed E-state index contributed by atoms with van der Waals surface area (Å²) in [5.41, 5.74) is 1.11. The van der Waals surface area contributed by atoms with Crippen LogP contribution >= 0.6 is 11.8 Å². The molecule has 0 saturated heterocycles. The number of hydrogen-bond acceptors (Lipinski definition) is 4. The maximum atomic E-state index is 12.1. The van der Waals surface area contributed by atoms with E-state index in [2.05, 4.69) is 6.07 Å². The third-order valence-electron chi connectivity index (χ3n) is 2.68. The van der Waals surface area contributed by atoms with Gasteiger partial charge < -0.3 is 4.74 Å². The number of carbonyl (C=O) groups excluding carboxylic acids is 1. The van der Waals surface area contributed by atoms with Gasteiger partial charge in [-0.3, -0.25) is 0 Å². The molecule has 21 heavy (non-hydrogen) atoms. The first kappa shape index (κ1) is 15.1. The minimum absolute atomic E-state index is 0.165. The van der Waals surface area contributed by atoms with Gasteiger partial charge in [0.15, 0.2) is 0 Å². The summed E-state index contributed by atoms with van der Waals surface area (Å²) in [5.74, 6) is -0.345. The Labute approximate surface area is 128 Å². The highest BCUT2D eigenvalue weighted by atomic mass is 32.2. The monoisotopic (exact) mass is 297 g/mol. The van der Waals surface area contributed by atoms with Gasteiger partial charge in [0.25, 0.3) is 0 Å². The number of carbonyl (C=O) groups is 1. The van der Waals surface area contributed by atoms with Crippen molar-refractivity contribution < 1.29 is 9.53 Å². The fraction of sp³-hybridized carbons (Fsp3) is 0.176. The van der Waals surface area contributed by atoms with Crippen molar-refractivity contribution in [2.75, 3.05) is 0 Å². The van der Waals surface area contributed by atoms with Gasteiger partial charge >= 0.3 is 5.97 Å². The van der Waals surface area contributed by atoms with Crippen molar-refractivity contribution in [3.63, 3.8) is 0 Å². The molecule has 2 rings (SSSR count). The summed E-state index contributed by atoms with van der Waals surface area (Å²) in [6, 6.07) is 16.7. The zero-order chi connectivity index (χ0) is 15.2. The van der Waals surface area contributed by atoms with Crippen molar-refractivity contribution >= 4 is 17.7 Å². The second kappa shape index (κ2) is 6.96. The van der Waals surface area contributed by atoms with E-state index in [-0.39, 0.29) is 12.1 Å². The highest BCUT2D eigenvalue weighted by Gasteiger charge is 2.15. The molecule has 0 spiro atoms. The molecule has 0 aliphatic carbocycles. The Morgan fingerprint density at radius 2 is 1.71 bits per heavy atom. The van der Waals surface area contributed by atoms with Gasteiger partial charge in [-0.05, 0) is 38.1 Å². The first-order valence-electron chi connectivity index (χ1n) is 6.59.